The molecule has 1 aliphatic carbocycles. The van der Waals surface area contributed by atoms with E-state index in [1.807, 2.05) is 6.07 Å². The van der Waals surface area contributed by atoms with Gasteiger partial charge in [-0.15, -0.1) is 0 Å². The second-order valence-corrected chi connectivity index (χ2v) is 10.2. The van der Waals surface area contributed by atoms with Crippen LogP contribution in [0.15, 0.2) is 151 Å². The molecule has 0 aliphatic heterocycles. The molecule has 0 N–H and O–H groups in total. The van der Waals surface area contributed by atoms with E-state index < -0.39 is 0 Å². The molecule has 202 valence electrons. The summed E-state index contributed by atoms with van der Waals surface area (Å²) in [4.78, 5) is 0. The van der Waals surface area contributed by atoms with Crippen molar-refractivity contribution in [2.45, 2.75) is 41.5 Å². The van der Waals surface area contributed by atoms with Gasteiger partial charge >= 0.3 is 0 Å². The second-order valence-electron chi connectivity index (χ2n) is 10.2. The maximum absolute atomic E-state index is 2.22. The number of rotatable bonds is 2. The molecule has 0 saturated heterocycles. The predicted octanol–water partition coefficient (Wildman–Crippen LogP) is 11.7. The van der Waals surface area contributed by atoms with E-state index in [0.29, 0.717) is 0 Å². The molecule has 6 rings (SSSR count). The van der Waals surface area contributed by atoms with Gasteiger partial charge in [-0.25, -0.2) is 0 Å². The molecular weight excluding hydrogens is 480 g/mol. The van der Waals surface area contributed by atoms with Crippen LogP contribution in [0.4, 0.5) is 0 Å². The van der Waals surface area contributed by atoms with Crippen LogP contribution in [-0.4, -0.2) is 0 Å². The van der Waals surface area contributed by atoms with E-state index in [-0.39, 0.29) is 7.43 Å². The van der Waals surface area contributed by atoms with Crippen LogP contribution < -0.4 is 0 Å². The zero-order valence-electron chi connectivity index (χ0n) is 23.6. The molecular formula is C40H42. The maximum atomic E-state index is 2.22. The van der Waals surface area contributed by atoms with Crippen molar-refractivity contribution in [2.75, 3.05) is 0 Å². The summed E-state index contributed by atoms with van der Waals surface area (Å²) in [7, 11) is 0. The summed E-state index contributed by atoms with van der Waals surface area (Å²) >= 11 is 0. The molecule has 40 heavy (non-hydrogen) atoms. The number of hydrogen-bond donors (Lipinski definition) is 0. The third-order valence-corrected chi connectivity index (χ3v) is 6.72. The number of allylic oxidation sites excluding steroid dienone is 6. The summed E-state index contributed by atoms with van der Waals surface area (Å²) in [6.45, 7) is 8.48. The SMILES string of the molecule is C.CC1=CC=C(c2ccccc2)CC=C1.Cc1ccc(-c2ccccc2)cc1.Cc1ccc2cc(C)ccc2c1. The second kappa shape index (κ2) is 15.2. The van der Waals surface area contributed by atoms with E-state index in [1.54, 1.807) is 0 Å². The molecule has 5 aromatic carbocycles. The molecule has 0 bridgehead atoms. The molecule has 0 unspecified atom stereocenters. The summed E-state index contributed by atoms with van der Waals surface area (Å²) in [6.07, 6.45) is 9.80. The van der Waals surface area contributed by atoms with Gasteiger partial charge in [0.15, 0.2) is 0 Å². The Balaban J connectivity index is 0.000000164. The smallest absolute Gasteiger partial charge is 0.00883 e. The van der Waals surface area contributed by atoms with Crippen molar-refractivity contribution in [3.63, 3.8) is 0 Å². The Morgan fingerprint density at radius 1 is 0.450 bits per heavy atom. The third-order valence-electron chi connectivity index (χ3n) is 6.72. The lowest BCUT2D eigenvalue weighted by Gasteiger charge is -2.02. The number of hydrogen-bond acceptors (Lipinski definition) is 0. The summed E-state index contributed by atoms with van der Waals surface area (Å²) in [6, 6.07) is 42.7. The molecule has 0 spiro atoms. The first-order valence-corrected chi connectivity index (χ1v) is 13.7. The Bertz CT molecular complexity index is 1520. The fourth-order valence-electron chi connectivity index (χ4n) is 4.45. The van der Waals surface area contributed by atoms with Crippen molar-refractivity contribution in [3.8, 4) is 11.1 Å². The fraction of sp³-hybridized carbons (Fsp3) is 0.150. The quantitative estimate of drug-likeness (QED) is 0.216. The molecule has 0 saturated carbocycles. The van der Waals surface area contributed by atoms with Gasteiger partial charge in [0.25, 0.3) is 0 Å². The monoisotopic (exact) mass is 522 g/mol. The standard InChI is InChI=1S/C14H14.C13H12.C12H12.CH4/c1-12-6-5-9-14(11-10-12)13-7-3-2-4-8-13;1-11-7-9-13(10-8-11)12-5-3-2-4-6-12;1-9-3-5-12-8-10(2)4-6-11(12)7-9;/h2-8,10-11H,9H2,1H3;2-10H,1H3;3-8H,1-2H3;1H4. The van der Waals surface area contributed by atoms with Crippen LogP contribution in [0.1, 0.15) is 43.0 Å². The van der Waals surface area contributed by atoms with Gasteiger partial charge < -0.3 is 0 Å². The van der Waals surface area contributed by atoms with Crippen LogP contribution >= 0.6 is 0 Å². The topological polar surface area (TPSA) is 0 Å². The van der Waals surface area contributed by atoms with E-state index in [2.05, 4.69) is 167 Å². The molecule has 1 aliphatic rings. The largest absolute Gasteiger partial charge is 0.0798 e. The van der Waals surface area contributed by atoms with Crippen molar-refractivity contribution in [1.82, 2.24) is 0 Å². The Hall–Kier alpha value is -4.42. The summed E-state index contributed by atoms with van der Waals surface area (Å²) in [5, 5.41) is 2.67. The predicted molar refractivity (Wildman–Crippen MR) is 179 cm³/mol. The normalized spacial score (nSPS) is 11.9. The maximum Gasteiger partial charge on any atom is -0.00883 e. The Morgan fingerprint density at radius 3 is 1.48 bits per heavy atom. The molecule has 0 radical (unpaired) electrons. The highest BCUT2D eigenvalue weighted by Gasteiger charge is 2.00. The lowest BCUT2D eigenvalue weighted by molar-refractivity contribution is 1.39. The number of fused-ring (bicyclic) bond motifs is 1. The van der Waals surface area contributed by atoms with E-state index in [4.69, 9.17) is 0 Å². The summed E-state index contributed by atoms with van der Waals surface area (Å²) in [5.74, 6) is 0. The molecule has 0 fully saturated rings. The van der Waals surface area contributed by atoms with Crippen molar-refractivity contribution in [1.29, 1.82) is 0 Å². The Morgan fingerprint density at radius 2 is 0.925 bits per heavy atom. The van der Waals surface area contributed by atoms with Crippen molar-refractivity contribution in [2.24, 2.45) is 0 Å². The molecule has 0 aromatic heterocycles. The minimum atomic E-state index is 0. The first-order valence-electron chi connectivity index (χ1n) is 13.7. The highest BCUT2D eigenvalue weighted by atomic mass is 14.0. The van der Waals surface area contributed by atoms with Crippen LogP contribution in [0.25, 0.3) is 27.5 Å². The van der Waals surface area contributed by atoms with Gasteiger partial charge in [-0.05, 0) is 67.2 Å². The highest BCUT2D eigenvalue weighted by molar-refractivity contribution is 5.83. The molecule has 0 heterocycles. The zero-order chi connectivity index (χ0) is 27.5. The third kappa shape index (κ3) is 9.10. The minimum Gasteiger partial charge on any atom is -0.0798 e. The average Bonchev–Trinajstić information content (AvgIpc) is 3.20. The van der Waals surface area contributed by atoms with E-state index in [9.17, 15) is 0 Å². The van der Waals surface area contributed by atoms with Gasteiger partial charge in [0.1, 0.15) is 0 Å². The first-order chi connectivity index (χ1) is 19.0. The van der Waals surface area contributed by atoms with Gasteiger partial charge in [0, 0.05) is 0 Å². The number of aryl methyl sites for hydroxylation is 3. The summed E-state index contributed by atoms with van der Waals surface area (Å²) in [5.41, 5.74) is 10.5. The van der Waals surface area contributed by atoms with Crippen LogP contribution in [0.3, 0.4) is 0 Å². The summed E-state index contributed by atoms with van der Waals surface area (Å²) < 4.78 is 0. The van der Waals surface area contributed by atoms with E-state index in [1.165, 1.54) is 55.3 Å². The minimum absolute atomic E-state index is 0. The van der Waals surface area contributed by atoms with Crippen molar-refractivity contribution in [3.05, 3.63) is 173 Å². The molecule has 0 heteroatoms. The number of benzene rings is 5. The van der Waals surface area contributed by atoms with Gasteiger partial charge in [-0.2, -0.15) is 0 Å². The van der Waals surface area contributed by atoms with Crippen LogP contribution in [0.5, 0.6) is 0 Å². The van der Waals surface area contributed by atoms with Gasteiger partial charge in [0.05, 0.1) is 0 Å². The average molecular weight is 523 g/mol. The van der Waals surface area contributed by atoms with Crippen LogP contribution in [-0.2, 0) is 0 Å². The van der Waals surface area contributed by atoms with E-state index in [0.717, 1.165) is 6.42 Å². The lowest BCUT2D eigenvalue weighted by atomic mass is 10.0. The highest BCUT2D eigenvalue weighted by Crippen LogP contribution is 2.22. The molecule has 5 aromatic rings. The zero-order valence-corrected chi connectivity index (χ0v) is 23.6. The fourth-order valence-corrected chi connectivity index (χ4v) is 4.45. The van der Waals surface area contributed by atoms with Gasteiger partial charge in [-0.1, -0.05) is 175 Å². The first kappa shape index (κ1) is 30.1. The van der Waals surface area contributed by atoms with Gasteiger partial charge in [0.2, 0.25) is 0 Å². The van der Waals surface area contributed by atoms with Crippen LogP contribution in [0, 0.1) is 20.8 Å². The lowest BCUT2D eigenvalue weighted by Crippen LogP contribution is -1.80. The van der Waals surface area contributed by atoms with E-state index >= 15 is 0 Å². The Kier molecular flexibility index (Phi) is 11.5. The molecule has 0 atom stereocenters. The Labute approximate surface area is 242 Å². The molecule has 0 amide bonds. The van der Waals surface area contributed by atoms with Crippen molar-refractivity contribution >= 4 is 16.3 Å². The molecule has 0 nitrogen and oxygen atoms in total. The van der Waals surface area contributed by atoms with Crippen molar-refractivity contribution < 1.29 is 0 Å². The van der Waals surface area contributed by atoms with Crippen LogP contribution in [0.2, 0.25) is 0 Å². The van der Waals surface area contributed by atoms with Gasteiger partial charge in [-0.3, -0.25) is 0 Å².